The van der Waals surface area contributed by atoms with E-state index in [4.69, 9.17) is 0 Å². The van der Waals surface area contributed by atoms with E-state index in [0.717, 1.165) is 11.3 Å². The van der Waals surface area contributed by atoms with Crippen LogP contribution in [0.3, 0.4) is 0 Å². The highest BCUT2D eigenvalue weighted by molar-refractivity contribution is 6.89. The highest BCUT2D eigenvalue weighted by Gasteiger charge is 2.22. The first kappa shape index (κ1) is 13.9. The Morgan fingerprint density at radius 3 is 2.21 bits per heavy atom. The van der Waals surface area contributed by atoms with Crippen LogP contribution in [0.2, 0.25) is 19.6 Å². The molecule has 2 aromatic heterocycles. The second kappa shape index (κ2) is 5.25. The van der Waals surface area contributed by atoms with Gasteiger partial charge in [0.1, 0.15) is 0 Å². The molecule has 0 aromatic carbocycles. The van der Waals surface area contributed by atoms with Crippen LogP contribution < -0.4 is 5.19 Å². The summed E-state index contributed by atoms with van der Waals surface area (Å²) in [6.45, 7) is 11.6. The molecule has 0 amide bonds. The van der Waals surface area contributed by atoms with Crippen molar-refractivity contribution in [1.82, 2.24) is 9.97 Å². The highest BCUT2D eigenvalue weighted by Crippen LogP contribution is 2.22. The molecule has 0 spiro atoms. The fourth-order valence-electron chi connectivity index (χ4n) is 2.26. The molecule has 0 N–H and O–H groups in total. The van der Waals surface area contributed by atoms with Gasteiger partial charge < -0.3 is 0 Å². The Hall–Kier alpha value is -1.48. The third-order valence-electron chi connectivity index (χ3n) is 3.34. The average Bonchev–Trinajstić information content (AvgIpc) is 2.38. The van der Waals surface area contributed by atoms with Crippen molar-refractivity contribution >= 4 is 13.3 Å². The Morgan fingerprint density at radius 2 is 1.68 bits per heavy atom. The normalized spacial score (nSPS) is 11.9. The Bertz CT molecular complexity index is 557. The SMILES string of the molecule is CC(C)c1cc(-c2ccncc2)ncc1[Si](C)(C)C. The highest BCUT2D eigenvalue weighted by atomic mass is 28.3. The van der Waals surface area contributed by atoms with Gasteiger partial charge in [-0.05, 0) is 34.9 Å². The molecule has 2 heterocycles. The minimum Gasteiger partial charge on any atom is -0.265 e. The van der Waals surface area contributed by atoms with Crippen LogP contribution in [0.1, 0.15) is 25.3 Å². The number of rotatable bonds is 3. The smallest absolute Gasteiger partial charge is 0.0799 e. The van der Waals surface area contributed by atoms with Crippen molar-refractivity contribution in [2.24, 2.45) is 0 Å². The number of aromatic nitrogens is 2. The predicted octanol–water partition coefficient (Wildman–Crippen LogP) is 3.81. The Kier molecular flexibility index (Phi) is 3.85. The van der Waals surface area contributed by atoms with Crippen molar-refractivity contribution in [1.29, 1.82) is 0 Å². The first-order valence-corrected chi connectivity index (χ1v) is 10.3. The quantitative estimate of drug-likeness (QED) is 0.793. The Morgan fingerprint density at radius 1 is 1.05 bits per heavy atom. The molecular weight excluding hydrogens is 248 g/mol. The largest absolute Gasteiger partial charge is 0.265 e. The van der Waals surface area contributed by atoms with Crippen molar-refractivity contribution in [2.75, 3.05) is 0 Å². The maximum absolute atomic E-state index is 4.67. The lowest BCUT2D eigenvalue weighted by Crippen LogP contribution is -2.40. The number of hydrogen-bond donors (Lipinski definition) is 0. The van der Waals surface area contributed by atoms with Crippen LogP contribution in [-0.4, -0.2) is 18.0 Å². The van der Waals surface area contributed by atoms with Gasteiger partial charge in [-0.1, -0.05) is 33.5 Å². The van der Waals surface area contributed by atoms with Crippen LogP contribution in [0.25, 0.3) is 11.3 Å². The van der Waals surface area contributed by atoms with Crippen LogP contribution in [-0.2, 0) is 0 Å². The van der Waals surface area contributed by atoms with E-state index < -0.39 is 8.07 Å². The predicted molar refractivity (Wildman–Crippen MR) is 84.5 cm³/mol. The molecule has 100 valence electrons. The van der Waals surface area contributed by atoms with Crippen molar-refractivity contribution in [2.45, 2.75) is 39.4 Å². The molecule has 0 radical (unpaired) electrons. The van der Waals surface area contributed by atoms with E-state index in [-0.39, 0.29) is 0 Å². The summed E-state index contributed by atoms with van der Waals surface area (Å²) in [5.41, 5.74) is 3.63. The molecule has 19 heavy (non-hydrogen) atoms. The molecule has 2 aromatic rings. The topological polar surface area (TPSA) is 25.8 Å². The minimum absolute atomic E-state index is 0.533. The van der Waals surface area contributed by atoms with Gasteiger partial charge in [-0.3, -0.25) is 9.97 Å². The van der Waals surface area contributed by atoms with E-state index in [1.165, 1.54) is 10.8 Å². The summed E-state index contributed by atoms with van der Waals surface area (Å²) in [6.07, 6.45) is 5.73. The first-order valence-electron chi connectivity index (χ1n) is 6.80. The fraction of sp³-hybridized carbons (Fsp3) is 0.375. The van der Waals surface area contributed by atoms with Crippen LogP contribution >= 0.6 is 0 Å². The van der Waals surface area contributed by atoms with E-state index in [2.05, 4.69) is 55.7 Å². The van der Waals surface area contributed by atoms with Gasteiger partial charge in [0.05, 0.1) is 13.8 Å². The standard InChI is InChI=1S/C16H22N2Si/c1-12(2)14-10-15(13-6-8-17-9-7-13)18-11-16(14)19(3,4)5/h6-12H,1-5H3. The van der Waals surface area contributed by atoms with Crippen molar-refractivity contribution in [3.63, 3.8) is 0 Å². The Balaban J connectivity index is 2.55. The second-order valence-corrected chi connectivity index (χ2v) is 11.3. The third kappa shape index (κ3) is 3.10. The van der Waals surface area contributed by atoms with Crippen LogP contribution in [0.5, 0.6) is 0 Å². The van der Waals surface area contributed by atoms with Gasteiger partial charge in [-0.25, -0.2) is 0 Å². The molecule has 2 nitrogen and oxygen atoms in total. The van der Waals surface area contributed by atoms with Gasteiger partial charge in [0.2, 0.25) is 0 Å². The summed E-state index contributed by atoms with van der Waals surface area (Å²) in [5.74, 6) is 0.533. The lowest BCUT2D eigenvalue weighted by Gasteiger charge is -2.23. The molecular formula is C16H22N2Si. The molecule has 0 aliphatic heterocycles. The molecule has 0 aliphatic carbocycles. The average molecular weight is 270 g/mol. The molecule has 3 heteroatoms. The van der Waals surface area contributed by atoms with E-state index in [9.17, 15) is 0 Å². The Labute approximate surface area is 116 Å². The van der Waals surface area contributed by atoms with Gasteiger partial charge in [-0.15, -0.1) is 0 Å². The van der Waals surface area contributed by atoms with Crippen molar-refractivity contribution in [3.8, 4) is 11.3 Å². The van der Waals surface area contributed by atoms with Crippen molar-refractivity contribution < 1.29 is 0 Å². The monoisotopic (exact) mass is 270 g/mol. The zero-order valence-corrected chi connectivity index (χ0v) is 13.4. The summed E-state index contributed by atoms with van der Waals surface area (Å²) < 4.78 is 0. The summed E-state index contributed by atoms with van der Waals surface area (Å²) in [6, 6.07) is 6.29. The molecule has 2 rings (SSSR count). The molecule has 0 saturated heterocycles. The zero-order valence-electron chi connectivity index (χ0n) is 12.4. The minimum atomic E-state index is -1.34. The van der Waals surface area contributed by atoms with Gasteiger partial charge >= 0.3 is 0 Å². The number of hydrogen-bond acceptors (Lipinski definition) is 2. The molecule has 0 aliphatic rings. The zero-order chi connectivity index (χ0) is 14.0. The summed E-state index contributed by atoms with van der Waals surface area (Å²) in [5, 5.41) is 1.47. The van der Waals surface area contributed by atoms with E-state index in [1.807, 2.05) is 24.5 Å². The van der Waals surface area contributed by atoms with Crippen LogP contribution in [0.4, 0.5) is 0 Å². The maximum Gasteiger partial charge on any atom is 0.0799 e. The van der Waals surface area contributed by atoms with Crippen LogP contribution in [0.15, 0.2) is 36.8 Å². The van der Waals surface area contributed by atoms with Gasteiger partial charge in [0, 0.05) is 24.2 Å². The summed E-state index contributed by atoms with van der Waals surface area (Å²) in [4.78, 5) is 8.73. The molecule has 0 saturated carbocycles. The van der Waals surface area contributed by atoms with Crippen molar-refractivity contribution in [3.05, 3.63) is 42.4 Å². The molecule has 0 bridgehead atoms. The lowest BCUT2D eigenvalue weighted by atomic mass is 10.0. The molecule has 0 fully saturated rings. The van der Waals surface area contributed by atoms with Crippen LogP contribution in [0, 0.1) is 0 Å². The number of pyridine rings is 2. The molecule has 0 unspecified atom stereocenters. The molecule has 0 atom stereocenters. The fourth-order valence-corrected chi connectivity index (χ4v) is 3.93. The third-order valence-corrected chi connectivity index (χ3v) is 5.38. The van der Waals surface area contributed by atoms with Gasteiger partial charge in [-0.2, -0.15) is 0 Å². The summed E-state index contributed by atoms with van der Waals surface area (Å²) >= 11 is 0. The van der Waals surface area contributed by atoms with Gasteiger partial charge in [0.15, 0.2) is 0 Å². The van der Waals surface area contributed by atoms with Gasteiger partial charge in [0.25, 0.3) is 0 Å². The van der Waals surface area contributed by atoms with E-state index in [1.54, 1.807) is 0 Å². The maximum atomic E-state index is 4.67. The number of nitrogens with zero attached hydrogens (tertiary/aromatic N) is 2. The summed E-state index contributed by atoms with van der Waals surface area (Å²) in [7, 11) is -1.34. The first-order chi connectivity index (χ1) is 8.89. The van der Waals surface area contributed by atoms with E-state index >= 15 is 0 Å². The second-order valence-electron chi connectivity index (χ2n) is 6.30. The van der Waals surface area contributed by atoms with E-state index in [0.29, 0.717) is 5.92 Å². The lowest BCUT2D eigenvalue weighted by molar-refractivity contribution is 0.870.